The summed E-state index contributed by atoms with van der Waals surface area (Å²) in [4.78, 5) is 0. The normalized spacial score (nSPS) is 11.1. The molecule has 3 rings (SSSR count). The highest BCUT2D eigenvalue weighted by molar-refractivity contribution is 5.51. The third-order valence-electron chi connectivity index (χ3n) is 5.66. The van der Waals surface area contributed by atoms with Crippen molar-refractivity contribution in [3.05, 3.63) is 106 Å². The molecule has 0 fully saturated rings. The molecule has 0 unspecified atom stereocenters. The minimum atomic E-state index is 0.313. The molecule has 146 valence electrons. The number of aryl methyl sites for hydroxylation is 3. The van der Waals surface area contributed by atoms with Crippen LogP contribution in [-0.4, -0.2) is 0 Å². The van der Waals surface area contributed by atoms with Crippen LogP contribution in [0.3, 0.4) is 0 Å². The fourth-order valence-electron chi connectivity index (χ4n) is 4.44. The Kier molecular flexibility index (Phi) is 7.48. The molecule has 0 saturated carbocycles. The van der Waals surface area contributed by atoms with Crippen LogP contribution in [0, 0.1) is 0 Å². The van der Waals surface area contributed by atoms with E-state index >= 15 is 0 Å². The van der Waals surface area contributed by atoms with Crippen molar-refractivity contribution in [2.75, 3.05) is 0 Å². The third-order valence-corrected chi connectivity index (χ3v) is 5.66. The maximum absolute atomic E-state index is 2.36. The van der Waals surface area contributed by atoms with Crippen molar-refractivity contribution in [1.82, 2.24) is 0 Å². The molecule has 0 aliphatic carbocycles. The second-order valence-corrected chi connectivity index (χ2v) is 7.78. The molecule has 0 saturated heterocycles. The molecule has 0 aromatic heterocycles. The zero-order valence-corrected chi connectivity index (χ0v) is 17.7. The molecule has 0 atom stereocenters. The monoisotopic (exact) mass is 370 g/mol. The van der Waals surface area contributed by atoms with Gasteiger partial charge in [0.1, 0.15) is 0 Å². The number of benzene rings is 3. The van der Waals surface area contributed by atoms with E-state index in [9.17, 15) is 0 Å². The van der Waals surface area contributed by atoms with Gasteiger partial charge in [0.25, 0.3) is 0 Å². The quantitative estimate of drug-likeness (QED) is 0.338. The van der Waals surface area contributed by atoms with Gasteiger partial charge >= 0.3 is 0 Å². The van der Waals surface area contributed by atoms with Crippen LogP contribution >= 0.6 is 0 Å². The van der Waals surface area contributed by atoms with E-state index in [0.29, 0.717) is 5.92 Å². The average Bonchev–Trinajstić information content (AvgIpc) is 2.72. The largest absolute Gasteiger partial charge is 0.0651 e. The minimum absolute atomic E-state index is 0.313. The highest BCUT2D eigenvalue weighted by Crippen LogP contribution is 2.38. The van der Waals surface area contributed by atoms with Crippen LogP contribution in [0.15, 0.2) is 72.8 Å². The van der Waals surface area contributed by atoms with E-state index in [1.54, 1.807) is 0 Å². The Morgan fingerprint density at radius 3 is 1.04 bits per heavy atom. The summed E-state index contributed by atoms with van der Waals surface area (Å²) >= 11 is 0. The van der Waals surface area contributed by atoms with Gasteiger partial charge in [0, 0.05) is 5.92 Å². The van der Waals surface area contributed by atoms with Crippen LogP contribution in [0.5, 0.6) is 0 Å². The molecular weight excluding hydrogens is 336 g/mol. The van der Waals surface area contributed by atoms with Gasteiger partial charge < -0.3 is 0 Å². The van der Waals surface area contributed by atoms with E-state index in [0.717, 1.165) is 19.3 Å². The molecule has 0 radical (unpaired) electrons. The fraction of sp³-hybridized carbons (Fsp3) is 0.357. The topological polar surface area (TPSA) is 0 Å². The van der Waals surface area contributed by atoms with E-state index < -0.39 is 0 Å². The zero-order chi connectivity index (χ0) is 19.8. The first-order valence-corrected chi connectivity index (χ1v) is 11.0. The zero-order valence-electron chi connectivity index (χ0n) is 17.7. The Hall–Kier alpha value is -2.34. The lowest BCUT2D eigenvalue weighted by atomic mass is 9.77. The Morgan fingerprint density at radius 1 is 0.464 bits per heavy atom. The van der Waals surface area contributed by atoms with Gasteiger partial charge in [-0.1, -0.05) is 113 Å². The second kappa shape index (κ2) is 10.3. The summed E-state index contributed by atoms with van der Waals surface area (Å²) in [5.41, 5.74) is 8.93. The lowest BCUT2D eigenvalue weighted by molar-refractivity contribution is 0.828. The number of hydrogen-bond acceptors (Lipinski definition) is 0. The van der Waals surface area contributed by atoms with Crippen molar-refractivity contribution in [2.24, 2.45) is 0 Å². The molecule has 3 aromatic carbocycles. The lowest BCUT2D eigenvalue weighted by Crippen LogP contribution is -2.11. The maximum atomic E-state index is 2.36. The van der Waals surface area contributed by atoms with Crippen LogP contribution < -0.4 is 0 Å². The predicted octanol–water partition coefficient (Wildman–Crippen LogP) is 7.72. The number of hydrogen-bond donors (Lipinski definition) is 0. The number of rotatable bonds is 9. The molecule has 0 nitrogen and oxygen atoms in total. The van der Waals surface area contributed by atoms with E-state index in [4.69, 9.17) is 0 Å². The lowest BCUT2D eigenvalue weighted by Gasteiger charge is -2.26. The summed E-state index contributed by atoms with van der Waals surface area (Å²) in [7, 11) is 0. The Balaban J connectivity index is 2.25. The van der Waals surface area contributed by atoms with E-state index in [1.165, 1.54) is 52.6 Å². The highest BCUT2D eigenvalue weighted by Gasteiger charge is 2.23. The summed E-state index contributed by atoms with van der Waals surface area (Å²) in [6.07, 6.45) is 6.94. The molecule has 0 heteroatoms. The first-order chi connectivity index (χ1) is 13.8. The molecule has 0 aliphatic heterocycles. The molecule has 0 bridgehead atoms. The van der Waals surface area contributed by atoms with Crippen LogP contribution in [-0.2, 0) is 19.3 Å². The predicted molar refractivity (Wildman–Crippen MR) is 122 cm³/mol. The molecule has 3 aromatic rings. The first-order valence-electron chi connectivity index (χ1n) is 11.0. The summed E-state index contributed by atoms with van der Waals surface area (Å²) < 4.78 is 0. The summed E-state index contributed by atoms with van der Waals surface area (Å²) in [6, 6.07) is 27.3. The van der Waals surface area contributed by atoms with Crippen LogP contribution in [0.4, 0.5) is 0 Å². The van der Waals surface area contributed by atoms with Gasteiger partial charge in [0.2, 0.25) is 0 Å². The third kappa shape index (κ3) is 4.55. The molecule has 0 aliphatic rings. The van der Waals surface area contributed by atoms with Gasteiger partial charge in [0.05, 0.1) is 0 Å². The van der Waals surface area contributed by atoms with Gasteiger partial charge in [-0.2, -0.15) is 0 Å². The molecular formula is C28H34. The van der Waals surface area contributed by atoms with Crippen LogP contribution in [0.1, 0.15) is 79.3 Å². The summed E-state index contributed by atoms with van der Waals surface area (Å²) in [6.45, 7) is 6.84. The van der Waals surface area contributed by atoms with Crippen molar-refractivity contribution >= 4 is 0 Å². The van der Waals surface area contributed by atoms with Crippen molar-refractivity contribution in [2.45, 2.75) is 65.2 Å². The van der Waals surface area contributed by atoms with Gasteiger partial charge in [-0.15, -0.1) is 0 Å². The van der Waals surface area contributed by atoms with Crippen molar-refractivity contribution < 1.29 is 0 Å². The molecule has 0 spiro atoms. The van der Waals surface area contributed by atoms with Crippen molar-refractivity contribution in [3.8, 4) is 0 Å². The minimum Gasteiger partial charge on any atom is -0.0651 e. The molecule has 0 amide bonds. The Bertz CT molecular complexity index is 757. The van der Waals surface area contributed by atoms with E-state index in [2.05, 4.69) is 93.6 Å². The summed E-state index contributed by atoms with van der Waals surface area (Å²) in [5, 5.41) is 0. The Labute approximate surface area is 171 Å². The molecule has 0 heterocycles. The van der Waals surface area contributed by atoms with Gasteiger partial charge in [-0.05, 0) is 52.6 Å². The second-order valence-electron chi connectivity index (χ2n) is 7.78. The van der Waals surface area contributed by atoms with Gasteiger partial charge in [-0.25, -0.2) is 0 Å². The van der Waals surface area contributed by atoms with Gasteiger partial charge in [0.15, 0.2) is 0 Å². The van der Waals surface area contributed by atoms with Gasteiger partial charge in [-0.3, -0.25) is 0 Å². The molecule has 0 N–H and O–H groups in total. The Morgan fingerprint density at radius 2 is 0.750 bits per heavy atom. The van der Waals surface area contributed by atoms with E-state index in [1.807, 2.05) is 0 Å². The van der Waals surface area contributed by atoms with Crippen LogP contribution in [0.25, 0.3) is 0 Å². The highest BCUT2D eigenvalue weighted by atomic mass is 14.3. The fourth-order valence-corrected chi connectivity index (χ4v) is 4.44. The molecule has 28 heavy (non-hydrogen) atoms. The first kappa shape index (κ1) is 20.4. The average molecular weight is 371 g/mol. The van der Waals surface area contributed by atoms with Crippen LogP contribution in [0.2, 0.25) is 0 Å². The van der Waals surface area contributed by atoms with Crippen molar-refractivity contribution in [3.63, 3.8) is 0 Å². The summed E-state index contributed by atoms with van der Waals surface area (Å²) in [5.74, 6) is 0.313. The standard InChI is InChI=1S/C28H34/c1-4-13-22-16-7-10-19-25(22)28(26-20-11-8-17-23(26)14-5-2)27-21-12-9-18-24(27)15-6-3/h7-12,16-21,28H,4-6,13-15H2,1-3H3. The SMILES string of the molecule is CCCc1ccccc1C(c1ccccc1CCC)c1ccccc1CCC. The van der Waals surface area contributed by atoms with Crippen molar-refractivity contribution in [1.29, 1.82) is 0 Å². The van der Waals surface area contributed by atoms with E-state index in [-0.39, 0.29) is 0 Å². The maximum Gasteiger partial charge on any atom is 0.0348 e. The smallest absolute Gasteiger partial charge is 0.0348 e.